The Morgan fingerprint density at radius 2 is 1.53 bits per heavy atom. The van der Waals surface area contributed by atoms with Crippen LogP contribution in [0.25, 0.3) is 11.1 Å². The Kier molecular flexibility index (Phi) is 5.53. The lowest BCUT2D eigenvalue weighted by Gasteiger charge is -2.34. The summed E-state index contributed by atoms with van der Waals surface area (Å²) in [6.45, 7) is -0.151. The number of anilines is 1. The van der Waals surface area contributed by atoms with Crippen LogP contribution in [-0.4, -0.2) is 35.6 Å². The third kappa shape index (κ3) is 4.00. The predicted octanol–water partition coefficient (Wildman–Crippen LogP) is 2.84. The average molecular weight is 454 g/mol. The van der Waals surface area contributed by atoms with Crippen LogP contribution in [0.5, 0.6) is 0 Å². The molecule has 32 heavy (non-hydrogen) atoms. The monoisotopic (exact) mass is 454 g/mol. The normalized spacial score (nSPS) is 16.3. The summed E-state index contributed by atoms with van der Waals surface area (Å²) in [6.07, 6.45) is -0.0849. The lowest BCUT2D eigenvalue weighted by atomic mass is 9.93. The first-order valence-electron chi connectivity index (χ1n) is 9.69. The van der Waals surface area contributed by atoms with E-state index in [1.807, 2.05) is 0 Å². The van der Waals surface area contributed by atoms with Crippen LogP contribution in [0, 0.1) is 5.82 Å². The number of hydrogen-bond acceptors (Lipinski definition) is 5. The molecule has 0 bridgehead atoms. The predicted molar refractivity (Wildman–Crippen MR) is 116 cm³/mol. The van der Waals surface area contributed by atoms with Crippen molar-refractivity contribution >= 4 is 27.5 Å². The van der Waals surface area contributed by atoms with Crippen molar-refractivity contribution in [2.45, 2.75) is 23.9 Å². The van der Waals surface area contributed by atoms with Crippen LogP contribution in [0.2, 0.25) is 0 Å². The highest BCUT2D eigenvalue weighted by molar-refractivity contribution is 7.89. The summed E-state index contributed by atoms with van der Waals surface area (Å²) in [7, 11) is -4.19. The van der Waals surface area contributed by atoms with E-state index >= 15 is 0 Å². The van der Waals surface area contributed by atoms with Gasteiger partial charge in [-0.15, -0.1) is 0 Å². The number of sulfonamides is 1. The lowest BCUT2D eigenvalue weighted by molar-refractivity contribution is -0.151. The van der Waals surface area contributed by atoms with Gasteiger partial charge in [0.25, 0.3) is 5.78 Å². The summed E-state index contributed by atoms with van der Waals surface area (Å²) in [4.78, 5) is 23.7. The van der Waals surface area contributed by atoms with E-state index in [1.54, 1.807) is 42.5 Å². The SMILES string of the molecule is Nc1ccc2c(c1)C[C@H](C(=O)C(=O)O)N(S(=O)(=O)c1ccc(-c3ccc(F)cc3)cc1)C2. The van der Waals surface area contributed by atoms with Crippen LogP contribution < -0.4 is 5.73 Å². The Bertz CT molecular complexity index is 1310. The van der Waals surface area contributed by atoms with Gasteiger partial charge < -0.3 is 10.8 Å². The zero-order chi connectivity index (χ0) is 23.0. The van der Waals surface area contributed by atoms with Gasteiger partial charge in [-0.25, -0.2) is 17.6 Å². The van der Waals surface area contributed by atoms with E-state index in [4.69, 9.17) is 5.73 Å². The number of carboxylic acids is 1. The topological polar surface area (TPSA) is 118 Å². The highest BCUT2D eigenvalue weighted by Crippen LogP contribution is 2.31. The number of carbonyl (C=O) groups excluding carboxylic acids is 1. The Hall–Kier alpha value is -3.56. The molecule has 1 aliphatic rings. The van der Waals surface area contributed by atoms with E-state index in [2.05, 4.69) is 0 Å². The van der Waals surface area contributed by atoms with Gasteiger partial charge in [-0.05, 0) is 65.1 Å². The second kappa shape index (κ2) is 8.18. The second-order valence-corrected chi connectivity index (χ2v) is 9.39. The maximum Gasteiger partial charge on any atom is 0.373 e. The number of rotatable bonds is 5. The summed E-state index contributed by atoms with van der Waals surface area (Å²) < 4.78 is 40.9. The zero-order valence-electron chi connectivity index (χ0n) is 16.7. The largest absolute Gasteiger partial charge is 0.475 e. The van der Waals surface area contributed by atoms with Gasteiger partial charge in [-0.1, -0.05) is 30.3 Å². The van der Waals surface area contributed by atoms with E-state index in [0.717, 1.165) is 4.31 Å². The number of carboxylic acid groups (broad SMARTS) is 1. The highest BCUT2D eigenvalue weighted by Gasteiger charge is 2.41. The fourth-order valence-electron chi connectivity index (χ4n) is 3.79. The maximum atomic E-state index is 13.4. The van der Waals surface area contributed by atoms with Crippen LogP contribution in [0.15, 0.2) is 71.6 Å². The van der Waals surface area contributed by atoms with E-state index in [-0.39, 0.29) is 23.7 Å². The molecule has 7 nitrogen and oxygen atoms in total. The molecular formula is C23H19FN2O5S. The number of nitrogens with two attached hydrogens (primary N) is 1. The van der Waals surface area contributed by atoms with Crippen LogP contribution in [0.3, 0.4) is 0 Å². The van der Waals surface area contributed by atoms with Crippen LogP contribution in [0.1, 0.15) is 11.1 Å². The third-order valence-electron chi connectivity index (χ3n) is 5.47. The molecule has 4 rings (SSSR count). The molecule has 0 saturated carbocycles. The number of nitrogens with zero attached hydrogens (tertiary/aromatic N) is 1. The molecule has 0 unspecified atom stereocenters. The van der Waals surface area contributed by atoms with Crippen molar-refractivity contribution in [3.63, 3.8) is 0 Å². The minimum absolute atomic E-state index is 0.0783. The first-order chi connectivity index (χ1) is 15.2. The van der Waals surface area contributed by atoms with Gasteiger partial charge in [0.15, 0.2) is 0 Å². The van der Waals surface area contributed by atoms with Crippen LogP contribution >= 0.6 is 0 Å². The van der Waals surface area contributed by atoms with Crippen LogP contribution in [-0.2, 0) is 32.6 Å². The molecular weight excluding hydrogens is 435 g/mol. The molecule has 1 aliphatic heterocycles. The molecule has 0 saturated heterocycles. The Balaban J connectivity index is 1.71. The minimum atomic E-state index is -4.19. The van der Waals surface area contributed by atoms with Crippen molar-refractivity contribution in [2.24, 2.45) is 0 Å². The molecule has 0 radical (unpaired) electrons. The van der Waals surface area contributed by atoms with Gasteiger partial charge in [-0.2, -0.15) is 4.31 Å². The Morgan fingerprint density at radius 1 is 0.938 bits per heavy atom. The van der Waals surface area contributed by atoms with Crippen molar-refractivity contribution in [3.8, 4) is 11.1 Å². The van der Waals surface area contributed by atoms with Crippen molar-refractivity contribution in [1.29, 1.82) is 0 Å². The summed E-state index contributed by atoms with van der Waals surface area (Å²) in [6, 6.07) is 15.2. The molecule has 164 valence electrons. The fourth-order valence-corrected chi connectivity index (χ4v) is 5.36. The van der Waals surface area contributed by atoms with Gasteiger partial charge in [0.2, 0.25) is 10.0 Å². The van der Waals surface area contributed by atoms with E-state index in [9.17, 15) is 27.5 Å². The second-order valence-electron chi connectivity index (χ2n) is 7.50. The third-order valence-corrected chi connectivity index (χ3v) is 7.34. The van der Waals surface area contributed by atoms with Gasteiger partial charge in [0, 0.05) is 12.2 Å². The van der Waals surface area contributed by atoms with Crippen molar-refractivity contribution in [1.82, 2.24) is 4.31 Å². The molecule has 0 aliphatic carbocycles. The Morgan fingerprint density at radius 3 is 2.12 bits per heavy atom. The van der Waals surface area contributed by atoms with Gasteiger partial charge in [-0.3, -0.25) is 4.79 Å². The number of halogens is 1. The van der Waals surface area contributed by atoms with E-state index in [1.165, 1.54) is 24.3 Å². The molecule has 3 N–H and O–H groups in total. The number of nitrogen functional groups attached to an aromatic ring is 1. The van der Waals surface area contributed by atoms with Gasteiger partial charge in [0.1, 0.15) is 5.82 Å². The van der Waals surface area contributed by atoms with Gasteiger partial charge >= 0.3 is 5.97 Å². The number of aliphatic carboxylic acids is 1. The molecule has 1 heterocycles. The lowest BCUT2D eigenvalue weighted by Crippen LogP contribution is -2.50. The smallest absolute Gasteiger partial charge is 0.373 e. The number of fused-ring (bicyclic) bond motifs is 1. The number of ketones is 1. The molecule has 3 aromatic rings. The molecule has 9 heteroatoms. The molecule has 0 amide bonds. The summed E-state index contributed by atoms with van der Waals surface area (Å²) in [5, 5.41) is 9.25. The van der Waals surface area contributed by atoms with Gasteiger partial charge in [0.05, 0.1) is 10.9 Å². The number of benzene rings is 3. The highest BCUT2D eigenvalue weighted by atomic mass is 32.2. The molecule has 0 spiro atoms. The molecule has 0 fully saturated rings. The average Bonchev–Trinajstić information content (AvgIpc) is 2.78. The first-order valence-corrected chi connectivity index (χ1v) is 11.1. The summed E-state index contributed by atoms with van der Waals surface area (Å²) in [5.41, 5.74) is 8.92. The minimum Gasteiger partial charge on any atom is -0.475 e. The standard InChI is InChI=1S/C23H19FN2O5S/c24-18-6-1-14(2-7-18)15-4-9-20(10-5-15)32(30,31)26-13-16-3-8-19(25)11-17(16)12-21(26)22(27)23(28)29/h1-11,21H,12-13,25H2,(H,28,29)/t21-/m1/s1. The fraction of sp³-hybridized carbons (Fsp3) is 0.130. The number of carbonyl (C=O) groups is 2. The van der Waals surface area contributed by atoms with Crippen molar-refractivity contribution in [2.75, 3.05) is 5.73 Å². The molecule has 1 atom stereocenters. The van der Waals surface area contributed by atoms with E-state index in [0.29, 0.717) is 27.9 Å². The zero-order valence-corrected chi connectivity index (χ0v) is 17.5. The number of hydrogen-bond donors (Lipinski definition) is 2. The molecule has 0 aromatic heterocycles. The van der Waals surface area contributed by atoms with Crippen molar-refractivity contribution < 1.29 is 27.5 Å². The maximum absolute atomic E-state index is 13.4. The molecule has 3 aromatic carbocycles. The van der Waals surface area contributed by atoms with Crippen molar-refractivity contribution in [3.05, 3.63) is 83.7 Å². The summed E-state index contributed by atoms with van der Waals surface area (Å²) >= 11 is 0. The quantitative estimate of drug-likeness (QED) is 0.452. The summed E-state index contributed by atoms with van der Waals surface area (Å²) in [5.74, 6) is -3.28. The Labute approximate surface area is 184 Å². The van der Waals surface area contributed by atoms with Crippen LogP contribution in [0.4, 0.5) is 10.1 Å². The van der Waals surface area contributed by atoms with E-state index < -0.39 is 27.8 Å². The first kappa shape index (κ1) is 21.7. The number of Topliss-reactive ketones (excluding diaryl/α,β-unsaturated/α-hetero) is 1.